The van der Waals surface area contributed by atoms with Gasteiger partial charge in [0.05, 0.1) is 6.61 Å². The number of esters is 1. The average molecular weight is 312 g/mol. The quantitative estimate of drug-likeness (QED) is 0.877. The van der Waals surface area contributed by atoms with Crippen molar-refractivity contribution in [2.45, 2.75) is 6.92 Å². The van der Waals surface area contributed by atoms with E-state index in [9.17, 15) is 9.18 Å². The molecule has 0 atom stereocenters. The number of ether oxygens (including phenoxy) is 1. The molecule has 1 aromatic heterocycles. The molecule has 0 amide bonds. The highest BCUT2D eigenvalue weighted by Crippen LogP contribution is 2.31. The van der Waals surface area contributed by atoms with Crippen LogP contribution in [-0.2, 0) is 4.74 Å². The second-order valence-corrected chi connectivity index (χ2v) is 4.47. The van der Waals surface area contributed by atoms with Crippen LogP contribution >= 0.6 is 15.9 Å². The number of aromatic nitrogens is 1. The van der Waals surface area contributed by atoms with Gasteiger partial charge in [-0.3, -0.25) is 0 Å². The van der Waals surface area contributed by atoms with Crippen LogP contribution in [0.3, 0.4) is 0 Å². The first kappa shape index (κ1) is 12.8. The second kappa shape index (κ2) is 5.35. The van der Waals surface area contributed by atoms with Gasteiger partial charge in [-0.2, -0.15) is 0 Å². The van der Waals surface area contributed by atoms with Crippen LogP contribution in [0.15, 0.2) is 34.9 Å². The summed E-state index contributed by atoms with van der Waals surface area (Å²) in [7, 11) is 0. The number of H-pyrrole nitrogens is 1. The molecule has 2 rings (SSSR count). The van der Waals surface area contributed by atoms with Crippen LogP contribution in [-0.4, -0.2) is 17.6 Å². The third kappa shape index (κ3) is 2.46. The molecule has 0 bridgehead atoms. The van der Waals surface area contributed by atoms with E-state index in [1.807, 2.05) is 0 Å². The molecule has 0 aliphatic heterocycles. The minimum Gasteiger partial charge on any atom is -0.461 e. The van der Waals surface area contributed by atoms with E-state index in [1.165, 1.54) is 6.07 Å². The molecule has 0 spiro atoms. The molecular formula is C13H11BrFNO2. The van der Waals surface area contributed by atoms with Gasteiger partial charge < -0.3 is 9.72 Å². The molecule has 0 saturated carbocycles. The molecule has 18 heavy (non-hydrogen) atoms. The highest BCUT2D eigenvalue weighted by molar-refractivity contribution is 9.10. The zero-order valence-corrected chi connectivity index (χ0v) is 11.3. The highest BCUT2D eigenvalue weighted by atomic mass is 79.9. The van der Waals surface area contributed by atoms with Crippen molar-refractivity contribution in [3.63, 3.8) is 0 Å². The Bertz CT molecular complexity index is 560. The van der Waals surface area contributed by atoms with E-state index in [0.29, 0.717) is 27.9 Å². The smallest absolute Gasteiger partial charge is 0.354 e. The summed E-state index contributed by atoms with van der Waals surface area (Å²) >= 11 is 3.29. The maximum absolute atomic E-state index is 13.7. The Labute approximate surface area is 112 Å². The van der Waals surface area contributed by atoms with Crippen molar-refractivity contribution in [2.75, 3.05) is 6.61 Å². The highest BCUT2D eigenvalue weighted by Gasteiger charge is 2.14. The first-order valence-corrected chi connectivity index (χ1v) is 6.22. The van der Waals surface area contributed by atoms with Crippen LogP contribution in [0.2, 0.25) is 0 Å². The Balaban J connectivity index is 2.38. The van der Waals surface area contributed by atoms with E-state index in [2.05, 4.69) is 20.9 Å². The van der Waals surface area contributed by atoms with Crippen LogP contribution in [0.25, 0.3) is 11.1 Å². The number of rotatable bonds is 3. The van der Waals surface area contributed by atoms with Crippen molar-refractivity contribution in [3.8, 4) is 11.1 Å². The number of benzene rings is 1. The Morgan fingerprint density at radius 1 is 1.50 bits per heavy atom. The van der Waals surface area contributed by atoms with Crippen molar-refractivity contribution < 1.29 is 13.9 Å². The van der Waals surface area contributed by atoms with Crippen LogP contribution in [0, 0.1) is 5.82 Å². The van der Waals surface area contributed by atoms with E-state index >= 15 is 0 Å². The molecule has 94 valence electrons. The number of hydrogen-bond donors (Lipinski definition) is 1. The molecular weight excluding hydrogens is 301 g/mol. The molecule has 2 aromatic rings. The van der Waals surface area contributed by atoms with Gasteiger partial charge in [-0.15, -0.1) is 0 Å². The second-order valence-electron chi connectivity index (χ2n) is 3.62. The van der Waals surface area contributed by atoms with Crippen LogP contribution in [0.1, 0.15) is 17.4 Å². The largest absolute Gasteiger partial charge is 0.461 e. The zero-order chi connectivity index (χ0) is 13.1. The van der Waals surface area contributed by atoms with E-state index in [0.717, 1.165) is 0 Å². The molecule has 0 fully saturated rings. The van der Waals surface area contributed by atoms with Crippen molar-refractivity contribution in [1.29, 1.82) is 0 Å². The van der Waals surface area contributed by atoms with Gasteiger partial charge in [0.15, 0.2) is 0 Å². The van der Waals surface area contributed by atoms with Crippen molar-refractivity contribution in [1.82, 2.24) is 4.98 Å². The van der Waals surface area contributed by atoms with E-state index in [4.69, 9.17) is 4.74 Å². The fraction of sp³-hybridized carbons (Fsp3) is 0.154. The van der Waals surface area contributed by atoms with E-state index < -0.39 is 5.97 Å². The third-order valence-corrected chi connectivity index (χ3v) is 3.09. The molecule has 5 heteroatoms. The lowest BCUT2D eigenvalue weighted by Gasteiger charge is -2.02. The standard InChI is InChI=1S/C13H11BrFNO2/c1-2-18-13(17)11-6-8(7-16-11)12-9(14)4-3-5-10(12)15/h3-7,16H,2H2,1H3. The Kier molecular flexibility index (Phi) is 3.81. The number of halogens is 2. The summed E-state index contributed by atoms with van der Waals surface area (Å²) in [5.41, 5.74) is 1.33. The normalized spacial score (nSPS) is 10.4. The van der Waals surface area contributed by atoms with Crippen molar-refractivity contribution in [2.24, 2.45) is 0 Å². The van der Waals surface area contributed by atoms with Gasteiger partial charge in [-0.05, 0) is 25.1 Å². The Morgan fingerprint density at radius 2 is 2.28 bits per heavy atom. The summed E-state index contributed by atoms with van der Waals surface area (Å²) in [6.45, 7) is 2.03. The Morgan fingerprint density at radius 3 is 2.94 bits per heavy atom. The maximum atomic E-state index is 13.7. The number of nitrogens with one attached hydrogen (secondary N) is 1. The summed E-state index contributed by atoms with van der Waals surface area (Å²) in [6, 6.07) is 6.30. The molecule has 1 N–H and O–H groups in total. The van der Waals surface area contributed by atoms with Crippen LogP contribution in [0.4, 0.5) is 4.39 Å². The molecule has 3 nitrogen and oxygen atoms in total. The third-order valence-electron chi connectivity index (χ3n) is 2.43. The molecule has 0 unspecified atom stereocenters. The predicted octanol–water partition coefficient (Wildman–Crippen LogP) is 3.76. The number of hydrogen-bond acceptors (Lipinski definition) is 2. The lowest BCUT2D eigenvalue weighted by molar-refractivity contribution is 0.0520. The monoisotopic (exact) mass is 311 g/mol. The summed E-state index contributed by atoms with van der Waals surface area (Å²) in [4.78, 5) is 14.3. The van der Waals surface area contributed by atoms with Crippen molar-refractivity contribution >= 4 is 21.9 Å². The summed E-state index contributed by atoms with van der Waals surface area (Å²) < 4.78 is 19.2. The van der Waals surface area contributed by atoms with Gasteiger partial charge in [0.1, 0.15) is 11.5 Å². The average Bonchev–Trinajstić information content (AvgIpc) is 2.78. The van der Waals surface area contributed by atoms with Crippen molar-refractivity contribution in [3.05, 3.63) is 46.4 Å². The molecule has 0 aliphatic carbocycles. The first-order valence-electron chi connectivity index (χ1n) is 5.43. The number of aromatic amines is 1. The van der Waals surface area contributed by atoms with Crippen LogP contribution < -0.4 is 0 Å². The summed E-state index contributed by atoms with van der Waals surface area (Å²) in [6.07, 6.45) is 1.58. The number of carbonyl (C=O) groups excluding carboxylic acids is 1. The SMILES string of the molecule is CCOC(=O)c1cc(-c2c(F)cccc2Br)c[nH]1. The molecule has 0 radical (unpaired) electrons. The lowest BCUT2D eigenvalue weighted by atomic mass is 10.1. The summed E-state index contributed by atoms with van der Waals surface area (Å²) in [5.74, 6) is -0.796. The topological polar surface area (TPSA) is 42.1 Å². The molecule has 0 aliphatic rings. The number of carbonyl (C=O) groups is 1. The fourth-order valence-corrected chi connectivity index (χ4v) is 2.21. The first-order chi connectivity index (χ1) is 8.63. The van der Waals surface area contributed by atoms with Gasteiger partial charge in [-0.25, -0.2) is 9.18 Å². The zero-order valence-electron chi connectivity index (χ0n) is 9.67. The molecule has 1 aromatic carbocycles. The summed E-state index contributed by atoms with van der Waals surface area (Å²) in [5, 5.41) is 0. The van der Waals surface area contributed by atoms with Gasteiger partial charge in [0.2, 0.25) is 0 Å². The predicted molar refractivity (Wildman–Crippen MR) is 69.8 cm³/mol. The lowest BCUT2D eigenvalue weighted by Crippen LogP contribution is -2.04. The molecule has 1 heterocycles. The molecule has 0 saturated heterocycles. The van der Waals surface area contributed by atoms with Gasteiger partial charge in [0, 0.05) is 21.8 Å². The minimum absolute atomic E-state index is 0.302. The minimum atomic E-state index is -0.448. The Hall–Kier alpha value is -1.62. The van der Waals surface area contributed by atoms with Gasteiger partial charge >= 0.3 is 5.97 Å². The van der Waals surface area contributed by atoms with E-state index in [-0.39, 0.29) is 5.82 Å². The van der Waals surface area contributed by atoms with Gasteiger partial charge in [0.25, 0.3) is 0 Å². The maximum Gasteiger partial charge on any atom is 0.354 e. The fourth-order valence-electron chi connectivity index (χ4n) is 1.64. The van der Waals surface area contributed by atoms with Crippen LogP contribution in [0.5, 0.6) is 0 Å². The van der Waals surface area contributed by atoms with Gasteiger partial charge in [-0.1, -0.05) is 22.0 Å². The van der Waals surface area contributed by atoms with E-state index in [1.54, 1.807) is 31.3 Å².